The molecule has 0 amide bonds. The van der Waals surface area contributed by atoms with Crippen LogP contribution < -0.4 is 55.2 Å². The molecule has 0 bridgehead atoms. The lowest BCUT2D eigenvalue weighted by molar-refractivity contribution is 0.0982. The Morgan fingerprint density at radius 2 is 1.06 bits per heavy atom. The Balaban J connectivity index is 0.000000191. The standard InChI is InChI=1S/C31H42BrN7O4S.C18H30N4O.C12H12BrClN4O3S/c1-21-17-26(29(43-4)18-27(21)39-11-9-22(10-12-39)38-15-13-37(2)14-16-38)35-31-33-19-24(32)30(36-31)34-25-7-6-8-28(42-3)23(25)20-44(5,40)41;1-14-12-16(19)18(23-3)13-17(14)22-6-4-15(5-7-22)21-10-8-20(2)9-11-21;1-21-9-5-3-4-8(10(9)18-22(2,19)20)16-11-7(13)6-15-12(14)17-11/h6-8,17-19,22H,9-16,20H2,1-5H3,(H2,33,34,35,36);12-13,15H,4-11,19H2,1-3H3;3-6,18H,1-2H3,(H,15,16,17). The molecular weight excluding hydrogens is 1330 g/mol. The molecule has 0 spiro atoms. The van der Waals surface area contributed by atoms with E-state index in [4.69, 9.17) is 36.3 Å². The van der Waals surface area contributed by atoms with Crippen LogP contribution in [0.15, 0.2) is 82.0 Å². The summed E-state index contributed by atoms with van der Waals surface area (Å²) in [6, 6.07) is 20.1. The number of nitrogens with two attached hydrogens (primary N) is 1. The minimum Gasteiger partial charge on any atom is -0.496 e. The van der Waals surface area contributed by atoms with Crippen LogP contribution >= 0.6 is 43.5 Å². The fourth-order valence-electron chi connectivity index (χ4n) is 11.5. The van der Waals surface area contributed by atoms with Crippen LogP contribution in [0.5, 0.6) is 23.0 Å². The fourth-order valence-corrected chi connectivity index (χ4v) is 13.6. The van der Waals surface area contributed by atoms with Crippen molar-refractivity contribution >= 4 is 121 Å². The van der Waals surface area contributed by atoms with E-state index < -0.39 is 19.9 Å². The summed E-state index contributed by atoms with van der Waals surface area (Å²) in [6.07, 6.45) is 10.2. The van der Waals surface area contributed by atoms with Crippen LogP contribution in [0.25, 0.3) is 0 Å². The maximum absolute atomic E-state index is 12.2. The molecule has 4 saturated heterocycles. The zero-order valence-corrected chi connectivity index (χ0v) is 57.9. The molecule has 0 saturated carbocycles. The van der Waals surface area contributed by atoms with E-state index in [0.717, 1.165) is 100 Å². The number of nitrogens with one attached hydrogen (secondary N) is 4. The first-order valence-electron chi connectivity index (χ1n) is 29.4. The van der Waals surface area contributed by atoms with Gasteiger partial charge in [-0.05, 0) is 145 Å². The van der Waals surface area contributed by atoms with Gasteiger partial charge in [-0.3, -0.25) is 14.5 Å². The summed E-state index contributed by atoms with van der Waals surface area (Å²) in [7, 11) is 3.94. The Labute approximate surface area is 546 Å². The van der Waals surface area contributed by atoms with E-state index in [-0.39, 0.29) is 16.7 Å². The highest BCUT2D eigenvalue weighted by Gasteiger charge is 2.30. The zero-order chi connectivity index (χ0) is 64.2. The van der Waals surface area contributed by atoms with Crippen molar-refractivity contribution in [2.45, 2.75) is 57.4 Å². The minimum absolute atomic E-state index is 0.0613. The van der Waals surface area contributed by atoms with Gasteiger partial charge in [0.05, 0.1) is 66.5 Å². The molecule has 10 rings (SSSR count). The molecule has 89 heavy (non-hydrogen) atoms. The van der Waals surface area contributed by atoms with Crippen LogP contribution in [0.4, 0.5) is 57.4 Å². The molecule has 2 aromatic heterocycles. The van der Waals surface area contributed by atoms with Crippen LogP contribution in [-0.2, 0) is 25.6 Å². The van der Waals surface area contributed by atoms with Gasteiger partial charge in [-0.25, -0.2) is 26.8 Å². The monoisotopic (exact) mass is 1410 g/mol. The number of hydrogen-bond donors (Lipinski definition) is 5. The third-order valence-electron chi connectivity index (χ3n) is 16.3. The number of nitrogen functional groups attached to an aromatic ring is 1. The van der Waals surface area contributed by atoms with Crippen LogP contribution in [0.2, 0.25) is 5.28 Å². The number of para-hydroxylation sites is 1. The van der Waals surface area contributed by atoms with Gasteiger partial charge in [0.25, 0.3) is 0 Å². The van der Waals surface area contributed by atoms with Gasteiger partial charge in [0.15, 0.2) is 9.84 Å². The van der Waals surface area contributed by atoms with Crippen molar-refractivity contribution in [1.82, 2.24) is 39.5 Å². The van der Waals surface area contributed by atoms with Crippen molar-refractivity contribution in [2.24, 2.45) is 0 Å². The lowest BCUT2D eigenvalue weighted by atomic mass is 10.0. The predicted molar refractivity (Wildman–Crippen MR) is 366 cm³/mol. The summed E-state index contributed by atoms with van der Waals surface area (Å²) in [4.78, 5) is 32.2. The number of rotatable bonds is 18. The van der Waals surface area contributed by atoms with Gasteiger partial charge < -0.3 is 60.2 Å². The number of benzene rings is 4. The average Bonchev–Trinajstić information content (AvgIpc) is 2.08. The number of sulfone groups is 1. The number of piperidine rings is 2. The molecule has 0 unspecified atom stereocenters. The molecule has 6 aromatic rings. The molecule has 6 N–H and O–H groups in total. The van der Waals surface area contributed by atoms with Crippen molar-refractivity contribution in [3.63, 3.8) is 0 Å². The van der Waals surface area contributed by atoms with Crippen molar-refractivity contribution in [2.75, 3.05) is 170 Å². The number of aryl methyl sites for hydroxylation is 2. The van der Waals surface area contributed by atoms with Crippen LogP contribution in [0.1, 0.15) is 42.4 Å². The molecule has 4 aliphatic rings. The smallest absolute Gasteiger partial charge is 0.230 e. The molecule has 0 aliphatic carbocycles. The number of sulfonamides is 1. The number of aromatic nitrogens is 4. The average molecular weight is 1410 g/mol. The lowest BCUT2D eigenvalue weighted by Gasteiger charge is -2.43. The number of anilines is 10. The van der Waals surface area contributed by atoms with Gasteiger partial charge >= 0.3 is 0 Å². The summed E-state index contributed by atoms with van der Waals surface area (Å²) in [5.74, 6) is 3.39. The predicted octanol–water partition coefficient (Wildman–Crippen LogP) is 9.63. The van der Waals surface area contributed by atoms with E-state index in [1.165, 1.54) is 82.6 Å². The Hall–Kier alpha value is -6.17. The van der Waals surface area contributed by atoms with E-state index in [9.17, 15) is 16.8 Å². The quantitative estimate of drug-likeness (QED) is 0.0397. The molecule has 0 atom stereocenters. The highest BCUT2D eigenvalue weighted by atomic mass is 79.9. The number of ether oxygens (including phenoxy) is 4. The number of piperazine rings is 2. The minimum atomic E-state index is -3.48. The highest BCUT2D eigenvalue weighted by molar-refractivity contribution is 9.11. The van der Waals surface area contributed by atoms with E-state index in [0.29, 0.717) is 66.8 Å². The highest BCUT2D eigenvalue weighted by Crippen LogP contribution is 2.40. The van der Waals surface area contributed by atoms with Crippen molar-refractivity contribution < 1.29 is 35.8 Å². The molecule has 4 fully saturated rings. The summed E-state index contributed by atoms with van der Waals surface area (Å²) in [5.41, 5.74) is 14.2. The molecule has 28 heteroatoms. The number of methoxy groups -OCH3 is 4. The van der Waals surface area contributed by atoms with Crippen LogP contribution in [0.3, 0.4) is 0 Å². The van der Waals surface area contributed by atoms with Crippen molar-refractivity contribution in [1.29, 1.82) is 0 Å². The number of likely N-dealkylation sites (N-methyl/N-ethyl adjacent to an activating group) is 2. The normalized spacial score (nSPS) is 16.7. The number of halogens is 3. The van der Waals surface area contributed by atoms with Crippen LogP contribution in [0, 0.1) is 13.8 Å². The lowest BCUT2D eigenvalue weighted by Crippen LogP contribution is -2.52. The van der Waals surface area contributed by atoms with E-state index >= 15 is 0 Å². The maximum Gasteiger partial charge on any atom is 0.230 e. The Kier molecular flexibility index (Phi) is 24.1. The third kappa shape index (κ3) is 19.0. The van der Waals surface area contributed by atoms with Gasteiger partial charge in [0.2, 0.25) is 21.3 Å². The number of nitrogens with zero attached hydrogens (tertiary/aromatic N) is 10. The topological polar surface area (TPSA) is 250 Å². The summed E-state index contributed by atoms with van der Waals surface area (Å²) < 4.78 is 72.8. The summed E-state index contributed by atoms with van der Waals surface area (Å²) in [6.45, 7) is 18.0. The molecule has 4 aliphatic heterocycles. The second-order valence-corrected chi connectivity index (χ2v) is 28.7. The maximum atomic E-state index is 12.2. The van der Waals surface area contributed by atoms with Gasteiger partial charge in [0, 0.05) is 144 Å². The second-order valence-electron chi connectivity index (χ2n) is 22.7. The summed E-state index contributed by atoms with van der Waals surface area (Å²) >= 11 is 12.6. The first-order chi connectivity index (χ1) is 42.4. The van der Waals surface area contributed by atoms with Crippen molar-refractivity contribution in [3.8, 4) is 23.0 Å². The van der Waals surface area contributed by atoms with E-state index in [2.05, 4.69) is 148 Å². The van der Waals surface area contributed by atoms with E-state index in [1.807, 2.05) is 6.07 Å². The molecule has 0 radical (unpaired) electrons. The van der Waals surface area contributed by atoms with Gasteiger partial charge in [-0.15, -0.1) is 0 Å². The Morgan fingerprint density at radius 3 is 1.57 bits per heavy atom. The molecule has 484 valence electrons. The van der Waals surface area contributed by atoms with Crippen LogP contribution in [-0.4, -0.2) is 202 Å². The largest absolute Gasteiger partial charge is 0.496 e. The number of hydrogen-bond acceptors (Lipinski definition) is 22. The molecule has 6 heterocycles. The molecule has 23 nitrogen and oxygen atoms in total. The first-order valence-corrected chi connectivity index (χ1v) is 35.3. The first kappa shape index (κ1) is 68.7. The SMILES string of the molecule is COc1cc(N2CCC(N3CCN(C)CC3)CC2)c(C)cc1N.COc1cc(N2CCC(N3CCN(C)CC3)CC2)c(C)cc1Nc1ncc(Br)c(Nc2cccc(OC)c2CS(C)(=O)=O)n1.COc1cccc(Nc2nc(Cl)ncc2Br)c1NS(C)(=O)=O. The zero-order valence-electron chi connectivity index (χ0n) is 52.4. The Morgan fingerprint density at radius 1 is 0.584 bits per heavy atom. The fraction of sp³-hybridized carbons (Fsp3) is 0.475. The second kappa shape index (κ2) is 31.2. The third-order valence-corrected chi connectivity index (χ3v) is 19.0. The van der Waals surface area contributed by atoms with Crippen molar-refractivity contribution in [3.05, 3.63) is 104 Å². The molecule has 4 aromatic carbocycles. The molecular formula is C61H84Br2ClN15O8S2. The summed E-state index contributed by atoms with van der Waals surface area (Å²) in [5, 5.41) is 9.63. The van der Waals surface area contributed by atoms with Gasteiger partial charge in [-0.1, -0.05) is 12.1 Å². The van der Waals surface area contributed by atoms with Gasteiger partial charge in [-0.2, -0.15) is 9.97 Å². The Bertz CT molecular complexity index is 3610. The van der Waals surface area contributed by atoms with E-state index in [1.54, 1.807) is 56.8 Å². The van der Waals surface area contributed by atoms with Gasteiger partial charge in [0.1, 0.15) is 40.3 Å².